The second-order valence-corrected chi connectivity index (χ2v) is 8.34. The van der Waals surface area contributed by atoms with E-state index in [1.54, 1.807) is 29.1 Å². The number of nitrogens with zero attached hydrogens (tertiary/aromatic N) is 3. The lowest BCUT2D eigenvalue weighted by Crippen LogP contribution is -2.14. The summed E-state index contributed by atoms with van der Waals surface area (Å²) in [7, 11) is -2.46. The molecule has 0 atom stereocenters. The number of anilines is 2. The van der Waals surface area contributed by atoms with Gasteiger partial charge in [0.15, 0.2) is 5.16 Å². The molecule has 0 aliphatic rings. The highest BCUT2D eigenvalue weighted by Crippen LogP contribution is 2.29. The molecule has 0 radical (unpaired) electrons. The summed E-state index contributed by atoms with van der Waals surface area (Å²) in [5, 5.41) is 11.1. The summed E-state index contributed by atoms with van der Waals surface area (Å²) in [4.78, 5) is 11.4. The number of methoxy groups -OCH3 is 1. The summed E-state index contributed by atoms with van der Waals surface area (Å²) in [5.74, 6) is 0.0235. The average Bonchev–Trinajstić information content (AvgIpc) is 3.16. The van der Waals surface area contributed by atoms with Crippen LogP contribution in [0.1, 0.15) is 6.92 Å². The van der Waals surface area contributed by atoms with Crippen LogP contribution in [0.3, 0.4) is 0 Å². The third-order valence-electron chi connectivity index (χ3n) is 3.87. The van der Waals surface area contributed by atoms with Crippen molar-refractivity contribution >= 4 is 39.1 Å². The zero-order valence-electron chi connectivity index (χ0n) is 15.9. The van der Waals surface area contributed by atoms with E-state index in [1.807, 2.05) is 12.3 Å². The molecular weight excluding hydrogens is 414 g/mol. The molecule has 1 heterocycles. The van der Waals surface area contributed by atoms with Crippen LogP contribution in [0.5, 0.6) is 5.75 Å². The predicted molar refractivity (Wildman–Crippen MR) is 111 cm³/mol. The fraction of sp³-hybridized carbons (Fsp3) is 0.167. The van der Waals surface area contributed by atoms with Gasteiger partial charge in [0.2, 0.25) is 5.91 Å². The zero-order chi connectivity index (χ0) is 21.0. The minimum Gasteiger partial charge on any atom is -0.495 e. The molecule has 2 aromatic carbocycles. The Morgan fingerprint density at radius 3 is 2.69 bits per heavy atom. The van der Waals surface area contributed by atoms with Crippen molar-refractivity contribution in [1.82, 2.24) is 14.8 Å². The van der Waals surface area contributed by atoms with Crippen LogP contribution in [0, 0.1) is 0 Å². The van der Waals surface area contributed by atoms with Crippen LogP contribution in [0.25, 0.3) is 5.69 Å². The molecule has 3 rings (SSSR count). The van der Waals surface area contributed by atoms with Crippen molar-refractivity contribution in [3.8, 4) is 11.4 Å². The summed E-state index contributed by atoms with van der Waals surface area (Å²) >= 11 is 1.43. The first-order valence-electron chi connectivity index (χ1n) is 8.37. The van der Waals surface area contributed by atoms with E-state index < -0.39 is 10.0 Å². The smallest absolute Gasteiger partial charge is 0.261 e. The SMILES string of the molecule is COc1ccc(S(=O)(=O)Nc2cccc(-n3cnnc3SC)c2)cc1NC(C)=O. The van der Waals surface area contributed by atoms with Crippen molar-refractivity contribution in [3.05, 3.63) is 48.8 Å². The Hall–Kier alpha value is -3.05. The molecule has 9 nitrogen and oxygen atoms in total. The molecule has 29 heavy (non-hydrogen) atoms. The van der Waals surface area contributed by atoms with Crippen molar-refractivity contribution in [2.24, 2.45) is 0 Å². The maximum absolute atomic E-state index is 12.9. The van der Waals surface area contributed by atoms with Gasteiger partial charge in [-0.25, -0.2) is 8.42 Å². The van der Waals surface area contributed by atoms with Crippen LogP contribution in [-0.4, -0.2) is 42.5 Å². The first-order chi connectivity index (χ1) is 13.8. The number of carbonyl (C=O) groups is 1. The second-order valence-electron chi connectivity index (χ2n) is 5.89. The molecule has 11 heteroatoms. The lowest BCUT2D eigenvalue weighted by atomic mass is 10.3. The Morgan fingerprint density at radius 2 is 2.00 bits per heavy atom. The zero-order valence-corrected chi connectivity index (χ0v) is 17.5. The molecule has 0 aliphatic heterocycles. The molecule has 3 aromatic rings. The number of hydrogen-bond donors (Lipinski definition) is 2. The average molecular weight is 434 g/mol. The Balaban J connectivity index is 1.92. The Morgan fingerprint density at radius 1 is 1.21 bits per heavy atom. The number of hydrogen-bond acceptors (Lipinski definition) is 7. The van der Waals surface area contributed by atoms with Gasteiger partial charge in [0, 0.05) is 6.92 Å². The van der Waals surface area contributed by atoms with Crippen LogP contribution in [0.2, 0.25) is 0 Å². The number of sulfonamides is 1. The third kappa shape index (κ3) is 4.69. The highest BCUT2D eigenvalue weighted by atomic mass is 32.2. The molecule has 0 saturated heterocycles. The molecule has 1 aromatic heterocycles. The fourth-order valence-corrected chi connectivity index (χ4v) is 4.17. The number of benzene rings is 2. The quantitative estimate of drug-likeness (QED) is 0.551. The molecule has 0 saturated carbocycles. The predicted octanol–water partition coefficient (Wildman–Crippen LogP) is 2.76. The van der Waals surface area contributed by atoms with Crippen molar-refractivity contribution < 1.29 is 17.9 Å². The topological polar surface area (TPSA) is 115 Å². The number of rotatable bonds is 7. The van der Waals surface area contributed by atoms with E-state index in [-0.39, 0.29) is 16.5 Å². The summed E-state index contributed by atoms with van der Waals surface area (Å²) in [5.41, 5.74) is 1.36. The summed E-state index contributed by atoms with van der Waals surface area (Å²) in [6.45, 7) is 1.33. The minimum atomic E-state index is -3.90. The van der Waals surface area contributed by atoms with Gasteiger partial charge < -0.3 is 10.1 Å². The molecule has 1 amide bonds. The van der Waals surface area contributed by atoms with Crippen molar-refractivity contribution in [2.75, 3.05) is 23.4 Å². The lowest BCUT2D eigenvalue weighted by molar-refractivity contribution is -0.114. The van der Waals surface area contributed by atoms with Gasteiger partial charge in [-0.15, -0.1) is 10.2 Å². The normalized spacial score (nSPS) is 11.1. The minimum absolute atomic E-state index is 0.0125. The molecule has 0 fully saturated rings. The van der Waals surface area contributed by atoms with Crippen LogP contribution in [-0.2, 0) is 14.8 Å². The van der Waals surface area contributed by atoms with Gasteiger partial charge in [0.25, 0.3) is 10.0 Å². The molecule has 0 spiro atoms. The maximum atomic E-state index is 12.9. The second kappa shape index (κ2) is 8.53. The first-order valence-corrected chi connectivity index (χ1v) is 11.1. The highest BCUT2D eigenvalue weighted by Gasteiger charge is 2.18. The van der Waals surface area contributed by atoms with E-state index in [1.165, 1.54) is 44.0 Å². The van der Waals surface area contributed by atoms with Gasteiger partial charge >= 0.3 is 0 Å². The molecule has 2 N–H and O–H groups in total. The molecule has 0 unspecified atom stereocenters. The molecule has 0 bridgehead atoms. The molecule has 0 aliphatic carbocycles. The van der Waals surface area contributed by atoms with Gasteiger partial charge in [0.1, 0.15) is 12.1 Å². The van der Waals surface area contributed by atoms with Crippen LogP contribution in [0.4, 0.5) is 11.4 Å². The number of ether oxygens (including phenoxy) is 1. The number of nitrogens with one attached hydrogen (secondary N) is 2. The Kier molecular flexibility index (Phi) is 6.09. The van der Waals surface area contributed by atoms with Gasteiger partial charge in [0.05, 0.1) is 29.1 Å². The van der Waals surface area contributed by atoms with E-state index in [2.05, 4.69) is 20.2 Å². The van der Waals surface area contributed by atoms with Crippen LogP contribution >= 0.6 is 11.8 Å². The summed E-state index contributed by atoms with van der Waals surface area (Å²) < 4.78 is 35.2. The van der Waals surface area contributed by atoms with E-state index in [4.69, 9.17) is 4.74 Å². The fourth-order valence-electron chi connectivity index (χ4n) is 2.62. The van der Waals surface area contributed by atoms with E-state index in [0.717, 1.165) is 0 Å². The first kappa shape index (κ1) is 20.7. The highest BCUT2D eigenvalue weighted by molar-refractivity contribution is 7.98. The summed E-state index contributed by atoms with van der Waals surface area (Å²) in [6.07, 6.45) is 3.44. The van der Waals surface area contributed by atoms with Gasteiger partial charge in [-0.3, -0.25) is 14.1 Å². The number of aromatic nitrogens is 3. The van der Waals surface area contributed by atoms with E-state index in [0.29, 0.717) is 22.3 Å². The van der Waals surface area contributed by atoms with Gasteiger partial charge in [-0.05, 0) is 42.7 Å². The van der Waals surface area contributed by atoms with Gasteiger partial charge in [-0.1, -0.05) is 17.8 Å². The van der Waals surface area contributed by atoms with Gasteiger partial charge in [-0.2, -0.15) is 0 Å². The summed E-state index contributed by atoms with van der Waals surface area (Å²) in [6, 6.07) is 11.1. The van der Waals surface area contributed by atoms with Crippen molar-refractivity contribution in [3.63, 3.8) is 0 Å². The lowest BCUT2D eigenvalue weighted by Gasteiger charge is -2.13. The largest absolute Gasteiger partial charge is 0.495 e. The third-order valence-corrected chi connectivity index (χ3v) is 5.89. The standard InChI is InChI=1S/C18H19N5O4S2/c1-12(24)20-16-10-15(7-8-17(16)27-2)29(25,26)22-13-5-4-6-14(9-13)23-11-19-21-18(23)28-3/h4-11,22H,1-3H3,(H,20,24). The van der Waals surface area contributed by atoms with Crippen LogP contribution in [0.15, 0.2) is 58.8 Å². The van der Waals surface area contributed by atoms with Crippen molar-refractivity contribution in [2.45, 2.75) is 17.0 Å². The maximum Gasteiger partial charge on any atom is 0.261 e. The van der Waals surface area contributed by atoms with E-state index >= 15 is 0 Å². The van der Waals surface area contributed by atoms with Crippen molar-refractivity contribution in [1.29, 1.82) is 0 Å². The molecular formula is C18H19N5O4S2. The number of carbonyl (C=O) groups excluding carboxylic acids is 1. The van der Waals surface area contributed by atoms with Crippen LogP contribution < -0.4 is 14.8 Å². The Labute approximate surface area is 172 Å². The van der Waals surface area contributed by atoms with E-state index in [9.17, 15) is 13.2 Å². The number of amides is 1. The molecule has 152 valence electrons. The number of thioether (sulfide) groups is 1. The Bertz CT molecular complexity index is 1140. The monoisotopic (exact) mass is 433 g/mol.